The molecule has 9 heteroatoms. The van der Waals surface area contributed by atoms with Crippen LogP contribution in [0, 0.1) is 6.92 Å². The molecule has 0 bridgehead atoms. The first-order valence-electron chi connectivity index (χ1n) is 9.84. The Morgan fingerprint density at radius 3 is 2.74 bits per heavy atom. The Kier molecular flexibility index (Phi) is 6.13. The molecule has 4 rings (SSSR count). The van der Waals surface area contributed by atoms with Crippen molar-refractivity contribution in [2.45, 2.75) is 31.8 Å². The second kappa shape index (κ2) is 9.13. The van der Waals surface area contributed by atoms with Crippen molar-refractivity contribution < 1.29 is 9.32 Å². The molecular weight excluding hydrogens is 412 g/mol. The molecule has 31 heavy (non-hydrogen) atoms. The van der Waals surface area contributed by atoms with Crippen LogP contribution in [0.2, 0.25) is 0 Å². The highest BCUT2D eigenvalue weighted by molar-refractivity contribution is 7.99. The van der Waals surface area contributed by atoms with Crippen LogP contribution in [0.5, 0.6) is 0 Å². The number of pyridine rings is 1. The van der Waals surface area contributed by atoms with Gasteiger partial charge in [0.25, 0.3) is 0 Å². The fourth-order valence-electron chi connectivity index (χ4n) is 3.18. The maximum Gasteiger partial charge on any atom is 0.236 e. The first kappa shape index (κ1) is 20.8. The predicted molar refractivity (Wildman–Crippen MR) is 119 cm³/mol. The molecule has 1 aromatic carbocycles. The Morgan fingerprint density at radius 1 is 1.19 bits per heavy atom. The van der Waals surface area contributed by atoms with Crippen molar-refractivity contribution >= 4 is 23.5 Å². The van der Waals surface area contributed by atoms with Gasteiger partial charge in [-0.15, -0.1) is 10.2 Å². The maximum absolute atomic E-state index is 12.4. The number of benzene rings is 1. The lowest BCUT2D eigenvalue weighted by molar-refractivity contribution is -0.113. The number of nitrogens with zero attached hydrogens (tertiary/aromatic N) is 5. The molecular formula is C22H22N6O2S. The third-order valence-corrected chi connectivity index (χ3v) is 5.51. The summed E-state index contributed by atoms with van der Waals surface area (Å²) in [7, 11) is 0. The Hall–Kier alpha value is -3.46. The van der Waals surface area contributed by atoms with Crippen LogP contribution in [0.15, 0.2) is 64.5 Å². The largest absolute Gasteiger partial charge is 0.360 e. The molecule has 0 saturated heterocycles. The molecule has 0 spiro atoms. The van der Waals surface area contributed by atoms with Crippen molar-refractivity contribution in [2.24, 2.45) is 0 Å². The normalized spacial score (nSPS) is 11.1. The van der Waals surface area contributed by atoms with E-state index in [2.05, 4.69) is 45.6 Å². The van der Waals surface area contributed by atoms with Crippen molar-refractivity contribution in [2.75, 3.05) is 11.1 Å². The molecule has 1 amide bonds. The number of thioether (sulfide) groups is 1. The molecule has 0 unspecified atom stereocenters. The Labute approximate surface area is 184 Å². The highest BCUT2D eigenvalue weighted by Gasteiger charge is 2.20. The molecule has 3 heterocycles. The lowest BCUT2D eigenvalue weighted by atomic mass is 10.0. The van der Waals surface area contributed by atoms with Crippen molar-refractivity contribution in [3.63, 3.8) is 0 Å². The van der Waals surface area contributed by atoms with E-state index in [9.17, 15) is 4.79 Å². The second-order valence-electron chi connectivity index (χ2n) is 7.26. The number of anilines is 1. The van der Waals surface area contributed by atoms with Gasteiger partial charge in [0.1, 0.15) is 5.76 Å². The Bertz CT molecular complexity index is 1190. The number of hydrogen-bond donors (Lipinski definition) is 1. The lowest BCUT2D eigenvalue weighted by Crippen LogP contribution is -2.15. The van der Waals surface area contributed by atoms with Crippen LogP contribution in [0.3, 0.4) is 0 Å². The number of nitrogens with one attached hydrogen (secondary N) is 1. The SMILES string of the molecule is Cc1cc(NC(=O)CSc2nnc(-c3cccnc3)n2-c2ccccc2C(C)C)no1. The first-order valence-corrected chi connectivity index (χ1v) is 10.8. The van der Waals surface area contributed by atoms with Crippen molar-refractivity contribution in [1.82, 2.24) is 24.9 Å². The summed E-state index contributed by atoms with van der Waals surface area (Å²) in [6.45, 7) is 6.06. The number of hydrogen-bond acceptors (Lipinski definition) is 7. The van der Waals surface area contributed by atoms with E-state index in [-0.39, 0.29) is 11.7 Å². The number of carbonyl (C=O) groups excluding carboxylic acids is 1. The number of amides is 1. The van der Waals surface area contributed by atoms with Crippen LogP contribution in [-0.2, 0) is 4.79 Å². The Morgan fingerprint density at radius 2 is 2.03 bits per heavy atom. The van der Waals surface area contributed by atoms with Crippen molar-refractivity contribution in [1.29, 1.82) is 0 Å². The predicted octanol–water partition coefficient (Wildman–Crippen LogP) is 4.48. The topological polar surface area (TPSA) is 98.7 Å². The summed E-state index contributed by atoms with van der Waals surface area (Å²) in [5.41, 5.74) is 3.00. The number of para-hydroxylation sites is 1. The van der Waals surface area contributed by atoms with Gasteiger partial charge in [0, 0.05) is 24.0 Å². The molecule has 0 saturated carbocycles. The maximum atomic E-state index is 12.4. The Balaban J connectivity index is 1.67. The van der Waals surface area contributed by atoms with Gasteiger partial charge < -0.3 is 9.84 Å². The van der Waals surface area contributed by atoms with Crippen molar-refractivity contribution in [3.05, 3.63) is 66.2 Å². The minimum absolute atomic E-state index is 0.154. The van der Waals surface area contributed by atoms with Crippen LogP contribution in [0.4, 0.5) is 5.82 Å². The zero-order chi connectivity index (χ0) is 21.8. The quantitative estimate of drug-likeness (QED) is 0.428. The number of carbonyl (C=O) groups is 1. The molecule has 0 radical (unpaired) electrons. The number of aromatic nitrogens is 5. The molecule has 158 valence electrons. The molecule has 0 aliphatic carbocycles. The molecule has 8 nitrogen and oxygen atoms in total. The van der Waals surface area contributed by atoms with Crippen LogP contribution in [0.1, 0.15) is 31.1 Å². The van der Waals surface area contributed by atoms with Gasteiger partial charge in [-0.25, -0.2) is 0 Å². The van der Waals surface area contributed by atoms with Crippen LogP contribution >= 0.6 is 11.8 Å². The molecule has 0 fully saturated rings. The van der Waals surface area contributed by atoms with Gasteiger partial charge in [-0.05, 0) is 36.6 Å². The van der Waals surface area contributed by atoms with Gasteiger partial charge in [0.2, 0.25) is 5.91 Å². The number of aryl methyl sites for hydroxylation is 1. The summed E-state index contributed by atoms with van der Waals surface area (Å²) in [5, 5.41) is 16.0. The minimum atomic E-state index is -0.201. The van der Waals surface area contributed by atoms with E-state index in [4.69, 9.17) is 4.52 Å². The summed E-state index contributed by atoms with van der Waals surface area (Å²) >= 11 is 1.31. The highest BCUT2D eigenvalue weighted by Crippen LogP contribution is 2.31. The molecule has 0 aliphatic heterocycles. The monoisotopic (exact) mass is 434 g/mol. The van der Waals surface area contributed by atoms with Crippen LogP contribution in [-0.4, -0.2) is 36.6 Å². The van der Waals surface area contributed by atoms with Gasteiger partial charge in [-0.1, -0.05) is 49.0 Å². The van der Waals surface area contributed by atoms with Crippen molar-refractivity contribution in [3.8, 4) is 17.1 Å². The van der Waals surface area contributed by atoms with Gasteiger partial charge in [-0.3, -0.25) is 14.3 Å². The number of rotatable bonds is 7. The van der Waals surface area contributed by atoms with E-state index in [1.165, 1.54) is 11.8 Å². The zero-order valence-corrected chi connectivity index (χ0v) is 18.3. The highest BCUT2D eigenvalue weighted by atomic mass is 32.2. The second-order valence-corrected chi connectivity index (χ2v) is 8.20. The fraction of sp³-hybridized carbons (Fsp3) is 0.227. The van der Waals surface area contributed by atoms with Gasteiger partial charge in [0.05, 0.1) is 11.4 Å². The summed E-state index contributed by atoms with van der Waals surface area (Å²) in [4.78, 5) is 16.6. The van der Waals surface area contributed by atoms with Gasteiger partial charge in [0.15, 0.2) is 16.8 Å². The molecule has 1 N–H and O–H groups in total. The van der Waals surface area contributed by atoms with Gasteiger partial charge in [-0.2, -0.15) is 0 Å². The van der Waals surface area contributed by atoms with Gasteiger partial charge >= 0.3 is 0 Å². The molecule has 3 aromatic heterocycles. The third kappa shape index (κ3) is 4.66. The standard InChI is InChI=1S/C22H22N6O2S/c1-14(2)17-8-4-5-9-18(17)28-21(16-7-6-10-23-12-16)25-26-22(28)31-13-20(29)24-19-11-15(3)30-27-19/h4-12,14H,13H2,1-3H3,(H,24,27,29). The third-order valence-electron chi connectivity index (χ3n) is 4.58. The van der Waals surface area contributed by atoms with Crippen LogP contribution < -0.4 is 5.32 Å². The van der Waals surface area contributed by atoms with E-state index in [1.54, 1.807) is 25.4 Å². The van der Waals surface area contributed by atoms with E-state index >= 15 is 0 Å². The first-order chi connectivity index (χ1) is 15.0. The summed E-state index contributed by atoms with van der Waals surface area (Å²) in [5.74, 6) is 1.96. The molecule has 0 aliphatic rings. The van der Waals surface area contributed by atoms with E-state index in [1.807, 2.05) is 34.9 Å². The van der Waals surface area contributed by atoms with E-state index < -0.39 is 0 Å². The fourth-order valence-corrected chi connectivity index (χ4v) is 3.92. The van der Waals surface area contributed by atoms with E-state index in [0.29, 0.717) is 28.5 Å². The lowest BCUT2D eigenvalue weighted by Gasteiger charge is -2.16. The summed E-state index contributed by atoms with van der Waals surface area (Å²) < 4.78 is 6.98. The zero-order valence-electron chi connectivity index (χ0n) is 17.4. The molecule has 0 atom stereocenters. The van der Waals surface area contributed by atoms with E-state index in [0.717, 1.165) is 16.8 Å². The average molecular weight is 435 g/mol. The minimum Gasteiger partial charge on any atom is -0.360 e. The van der Waals surface area contributed by atoms with Crippen LogP contribution in [0.25, 0.3) is 17.1 Å². The summed E-state index contributed by atoms with van der Waals surface area (Å²) in [6, 6.07) is 13.6. The smallest absolute Gasteiger partial charge is 0.236 e. The molecule has 4 aromatic rings. The summed E-state index contributed by atoms with van der Waals surface area (Å²) in [6.07, 6.45) is 3.48. The average Bonchev–Trinajstić information content (AvgIpc) is 3.38.